The molecule has 2 aromatic heterocycles. The fourth-order valence-electron chi connectivity index (χ4n) is 2.19. The molecule has 0 saturated heterocycles. The maximum atomic E-state index is 12.1. The lowest BCUT2D eigenvalue weighted by Gasteiger charge is -2.07. The van der Waals surface area contributed by atoms with E-state index in [0.29, 0.717) is 11.7 Å². The van der Waals surface area contributed by atoms with Crippen LogP contribution in [-0.2, 0) is 4.79 Å². The van der Waals surface area contributed by atoms with Crippen molar-refractivity contribution in [3.63, 3.8) is 0 Å². The Morgan fingerprint density at radius 1 is 1.16 bits per heavy atom. The normalized spacial score (nSPS) is 10.7. The average Bonchev–Trinajstić information content (AvgIpc) is 3.03. The van der Waals surface area contributed by atoms with Gasteiger partial charge in [-0.25, -0.2) is 4.98 Å². The van der Waals surface area contributed by atoms with Crippen LogP contribution in [0.4, 0.5) is 5.69 Å². The first-order chi connectivity index (χ1) is 12.0. The minimum atomic E-state index is -0.0749. The van der Waals surface area contributed by atoms with Crippen LogP contribution in [0.2, 0.25) is 0 Å². The number of thioether (sulfide) groups is 1. The van der Waals surface area contributed by atoms with Crippen molar-refractivity contribution in [1.82, 2.24) is 15.1 Å². The van der Waals surface area contributed by atoms with Crippen molar-refractivity contribution in [3.8, 4) is 11.5 Å². The van der Waals surface area contributed by atoms with E-state index in [0.717, 1.165) is 21.8 Å². The number of carbonyl (C=O) groups is 1. The molecule has 6 nitrogen and oxygen atoms in total. The van der Waals surface area contributed by atoms with Gasteiger partial charge in [0, 0.05) is 17.4 Å². The van der Waals surface area contributed by atoms with Crippen molar-refractivity contribution in [3.05, 3.63) is 53.5 Å². The van der Waals surface area contributed by atoms with Gasteiger partial charge in [0.1, 0.15) is 0 Å². The number of aryl methyl sites for hydroxylation is 3. The monoisotopic (exact) mass is 354 g/mol. The summed E-state index contributed by atoms with van der Waals surface area (Å²) in [5.74, 6) is 1.22. The average molecular weight is 354 g/mol. The highest BCUT2D eigenvalue weighted by molar-refractivity contribution is 7.99. The molecule has 0 aliphatic heterocycles. The van der Waals surface area contributed by atoms with Crippen LogP contribution >= 0.6 is 11.8 Å². The maximum Gasteiger partial charge on any atom is 0.258 e. The van der Waals surface area contributed by atoms with E-state index in [9.17, 15) is 4.79 Å². The molecule has 0 spiro atoms. The van der Waals surface area contributed by atoms with Crippen LogP contribution < -0.4 is 5.32 Å². The Morgan fingerprint density at radius 2 is 2.00 bits per heavy atom. The summed E-state index contributed by atoms with van der Waals surface area (Å²) >= 11 is 1.36. The van der Waals surface area contributed by atoms with Gasteiger partial charge in [-0.15, -0.1) is 0 Å². The SMILES string of the molecule is Cc1noc(-c2ccnc(SCC(=O)Nc3ccc(C)c(C)c3)c2)n1. The third-order valence-electron chi connectivity index (χ3n) is 3.65. The molecule has 0 unspecified atom stereocenters. The molecule has 3 rings (SSSR count). The zero-order valence-corrected chi connectivity index (χ0v) is 15.1. The molecule has 0 aliphatic carbocycles. The summed E-state index contributed by atoms with van der Waals surface area (Å²) in [5.41, 5.74) is 3.93. The third-order valence-corrected chi connectivity index (χ3v) is 4.58. The summed E-state index contributed by atoms with van der Waals surface area (Å²) in [6.07, 6.45) is 1.67. The number of hydrogen-bond acceptors (Lipinski definition) is 6. The minimum absolute atomic E-state index is 0.0749. The first kappa shape index (κ1) is 17.2. The van der Waals surface area contributed by atoms with E-state index >= 15 is 0 Å². The number of benzene rings is 1. The molecule has 25 heavy (non-hydrogen) atoms. The lowest BCUT2D eigenvalue weighted by Crippen LogP contribution is -2.14. The first-order valence-electron chi connectivity index (χ1n) is 7.78. The molecule has 1 N–H and O–H groups in total. The summed E-state index contributed by atoms with van der Waals surface area (Å²) in [6.45, 7) is 5.83. The van der Waals surface area contributed by atoms with Crippen molar-refractivity contribution in [2.24, 2.45) is 0 Å². The number of carbonyl (C=O) groups excluding carboxylic acids is 1. The van der Waals surface area contributed by atoms with Crippen molar-refractivity contribution >= 4 is 23.4 Å². The Bertz CT molecular complexity index is 908. The molecule has 2 heterocycles. The van der Waals surface area contributed by atoms with Gasteiger partial charge in [0.05, 0.1) is 10.8 Å². The Hall–Kier alpha value is -2.67. The number of pyridine rings is 1. The predicted molar refractivity (Wildman–Crippen MR) is 97.5 cm³/mol. The van der Waals surface area contributed by atoms with Crippen LogP contribution in [0.1, 0.15) is 17.0 Å². The molecule has 0 radical (unpaired) electrons. The Kier molecular flexibility index (Phi) is 5.14. The third kappa shape index (κ3) is 4.45. The summed E-state index contributed by atoms with van der Waals surface area (Å²) < 4.78 is 5.15. The molecular formula is C18H18N4O2S. The lowest BCUT2D eigenvalue weighted by atomic mass is 10.1. The summed E-state index contributed by atoms with van der Waals surface area (Å²) in [4.78, 5) is 20.6. The fourth-order valence-corrected chi connectivity index (χ4v) is 2.89. The van der Waals surface area contributed by atoms with Crippen LogP contribution in [-0.4, -0.2) is 26.8 Å². The van der Waals surface area contributed by atoms with Gasteiger partial charge in [-0.1, -0.05) is 23.0 Å². The summed E-state index contributed by atoms with van der Waals surface area (Å²) in [6, 6.07) is 9.50. The van der Waals surface area contributed by atoms with E-state index in [1.54, 1.807) is 19.2 Å². The molecule has 0 fully saturated rings. The quantitative estimate of drug-likeness (QED) is 0.702. The summed E-state index contributed by atoms with van der Waals surface area (Å²) in [5, 5.41) is 7.41. The van der Waals surface area contributed by atoms with E-state index in [-0.39, 0.29) is 11.7 Å². The standard InChI is InChI=1S/C18H18N4O2S/c1-11-4-5-15(8-12(11)2)21-16(23)10-25-17-9-14(6-7-19-17)18-20-13(3)22-24-18/h4-9H,10H2,1-3H3,(H,21,23). The number of nitrogens with zero attached hydrogens (tertiary/aromatic N) is 3. The topological polar surface area (TPSA) is 80.9 Å². The van der Waals surface area contributed by atoms with Crippen LogP contribution in [0.5, 0.6) is 0 Å². The number of anilines is 1. The second kappa shape index (κ2) is 7.48. The van der Waals surface area contributed by atoms with Gasteiger partial charge in [0.25, 0.3) is 5.89 Å². The number of aromatic nitrogens is 3. The molecule has 128 valence electrons. The number of rotatable bonds is 5. The molecule has 1 aromatic carbocycles. The van der Waals surface area contributed by atoms with Gasteiger partial charge < -0.3 is 9.84 Å². The highest BCUT2D eigenvalue weighted by atomic mass is 32.2. The van der Waals surface area contributed by atoms with Crippen molar-refractivity contribution in [2.45, 2.75) is 25.8 Å². The molecule has 0 atom stereocenters. The molecule has 0 saturated carbocycles. The Balaban J connectivity index is 1.61. The molecule has 1 amide bonds. The molecule has 0 aliphatic rings. The van der Waals surface area contributed by atoms with Crippen molar-refractivity contribution in [2.75, 3.05) is 11.1 Å². The maximum absolute atomic E-state index is 12.1. The lowest BCUT2D eigenvalue weighted by molar-refractivity contribution is -0.113. The van der Waals surface area contributed by atoms with Gasteiger partial charge in [-0.3, -0.25) is 4.79 Å². The highest BCUT2D eigenvalue weighted by Gasteiger charge is 2.09. The zero-order chi connectivity index (χ0) is 17.8. The van der Waals surface area contributed by atoms with E-state index in [2.05, 4.69) is 20.4 Å². The summed E-state index contributed by atoms with van der Waals surface area (Å²) in [7, 11) is 0. The van der Waals surface area contributed by atoms with Gasteiger partial charge in [0.15, 0.2) is 5.82 Å². The van der Waals surface area contributed by atoms with Gasteiger partial charge in [-0.2, -0.15) is 4.98 Å². The molecule has 3 aromatic rings. The molecular weight excluding hydrogens is 336 g/mol. The smallest absolute Gasteiger partial charge is 0.258 e. The Morgan fingerprint density at radius 3 is 2.72 bits per heavy atom. The fraction of sp³-hybridized carbons (Fsp3) is 0.222. The minimum Gasteiger partial charge on any atom is -0.334 e. The van der Waals surface area contributed by atoms with Crippen LogP contribution in [0.3, 0.4) is 0 Å². The van der Waals surface area contributed by atoms with Gasteiger partial charge in [0.2, 0.25) is 5.91 Å². The first-order valence-corrected chi connectivity index (χ1v) is 8.76. The van der Waals surface area contributed by atoms with E-state index in [4.69, 9.17) is 4.52 Å². The van der Waals surface area contributed by atoms with Crippen LogP contribution in [0, 0.1) is 20.8 Å². The van der Waals surface area contributed by atoms with E-state index in [1.165, 1.54) is 17.3 Å². The predicted octanol–water partition coefficient (Wildman–Crippen LogP) is 3.79. The van der Waals surface area contributed by atoms with E-state index < -0.39 is 0 Å². The van der Waals surface area contributed by atoms with Crippen molar-refractivity contribution in [1.29, 1.82) is 0 Å². The van der Waals surface area contributed by atoms with Crippen LogP contribution in [0.25, 0.3) is 11.5 Å². The van der Waals surface area contributed by atoms with Crippen molar-refractivity contribution < 1.29 is 9.32 Å². The second-order valence-corrected chi connectivity index (χ2v) is 6.66. The number of hydrogen-bond donors (Lipinski definition) is 1. The highest BCUT2D eigenvalue weighted by Crippen LogP contribution is 2.23. The second-order valence-electron chi connectivity index (χ2n) is 5.67. The number of amides is 1. The van der Waals surface area contributed by atoms with E-state index in [1.807, 2.05) is 38.1 Å². The molecule has 7 heteroatoms. The zero-order valence-electron chi connectivity index (χ0n) is 14.2. The van der Waals surface area contributed by atoms with Gasteiger partial charge in [-0.05, 0) is 56.2 Å². The largest absolute Gasteiger partial charge is 0.334 e. The van der Waals surface area contributed by atoms with Crippen LogP contribution in [0.15, 0.2) is 46.1 Å². The van der Waals surface area contributed by atoms with Gasteiger partial charge >= 0.3 is 0 Å². The molecule has 0 bridgehead atoms. The Labute approximate surface area is 150 Å². The number of nitrogens with one attached hydrogen (secondary N) is 1.